The van der Waals surface area contributed by atoms with E-state index in [9.17, 15) is 13.2 Å². The maximum Gasteiger partial charge on any atom is 0.408 e. The molecule has 98 valence electrons. The first-order valence-corrected chi connectivity index (χ1v) is 6.11. The van der Waals surface area contributed by atoms with Crippen LogP contribution < -0.4 is 0 Å². The van der Waals surface area contributed by atoms with Crippen molar-refractivity contribution in [2.24, 2.45) is 0 Å². The number of hydrogen-bond donors (Lipinski definition) is 1. The molecule has 1 atom stereocenters. The largest absolute Gasteiger partial charge is 0.408 e. The molecule has 3 rings (SSSR count). The van der Waals surface area contributed by atoms with Crippen molar-refractivity contribution in [2.45, 2.75) is 11.6 Å². The first-order chi connectivity index (χ1) is 8.97. The number of alkyl halides is 4. The molecule has 0 saturated carbocycles. The summed E-state index contributed by atoms with van der Waals surface area (Å²) >= 11 is 5.47. The number of nitrogens with one attached hydrogen (secondary N) is 1. The van der Waals surface area contributed by atoms with Gasteiger partial charge in [-0.15, -0.1) is 11.6 Å². The lowest BCUT2D eigenvalue weighted by Crippen LogP contribution is -2.15. The van der Waals surface area contributed by atoms with Gasteiger partial charge in [-0.1, -0.05) is 24.3 Å². The number of rotatable bonds is 1. The number of benzene rings is 2. The minimum atomic E-state index is -4.44. The lowest BCUT2D eigenvalue weighted by Gasteiger charge is -2.13. The molecule has 1 heterocycles. The standard InChI is InChI=1S/C14H9ClF3N/c15-13(14(16,17)18)8-5-6-12-10(7-8)9-3-1-2-4-11(9)19-12/h1-7,13,19H. The van der Waals surface area contributed by atoms with Gasteiger partial charge in [0.05, 0.1) is 0 Å². The summed E-state index contributed by atoms with van der Waals surface area (Å²) in [6.07, 6.45) is -4.44. The van der Waals surface area contributed by atoms with Gasteiger partial charge < -0.3 is 4.98 Å². The van der Waals surface area contributed by atoms with Gasteiger partial charge in [-0.05, 0) is 23.8 Å². The van der Waals surface area contributed by atoms with Crippen molar-refractivity contribution in [2.75, 3.05) is 0 Å². The Morgan fingerprint density at radius 3 is 2.37 bits per heavy atom. The second-order valence-corrected chi connectivity index (χ2v) is 4.82. The molecule has 0 fully saturated rings. The van der Waals surface area contributed by atoms with Crippen LogP contribution in [0.2, 0.25) is 0 Å². The number of para-hydroxylation sites is 1. The Hall–Kier alpha value is -1.68. The van der Waals surface area contributed by atoms with Crippen LogP contribution in [-0.2, 0) is 0 Å². The molecule has 1 aromatic heterocycles. The minimum Gasteiger partial charge on any atom is -0.355 e. The molecule has 0 spiro atoms. The number of aromatic amines is 1. The van der Waals surface area contributed by atoms with Crippen LogP contribution in [0.1, 0.15) is 10.9 Å². The number of H-pyrrole nitrogens is 1. The van der Waals surface area contributed by atoms with Crippen molar-refractivity contribution in [3.8, 4) is 0 Å². The molecule has 1 nitrogen and oxygen atoms in total. The van der Waals surface area contributed by atoms with Gasteiger partial charge in [0.15, 0.2) is 5.38 Å². The summed E-state index contributed by atoms with van der Waals surface area (Å²) in [4.78, 5) is 3.16. The van der Waals surface area contributed by atoms with E-state index in [4.69, 9.17) is 11.6 Å². The van der Waals surface area contributed by atoms with Crippen LogP contribution in [0, 0.1) is 0 Å². The molecule has 1 unspecified atom stereocenters. The predicted molar refractivity (Wildman–Crippen MR) is 70.5 cm³/mol. The molecule has 0 radical (unpaired) electrons. The van der Waals surface area contributed by atoms with Crippen molar-refractivity contribution in [3.05, 3.63) is 48.0 Å². The van der Waals surface area contributed by atoms with Gasteiger partial charge >= 0.3 is 6.18 Å². The zero-order valence-corrected chi connectivity index (χ0v) is 10.4. The van der Waals surface area contributed by atoms with E-state index in [1.54, 1.807) is 6.07 Å². The number of hydrogen-bond acceptors (Lipinski definition) is 0. The zero-order chi connectivity index (χ0) is 13.6. The van der Waals surface area contributed by atoms with Gasteiger partial charge in [-0.25, -0.2) is 0 Å². The van der Waals surface area contributed by atoms with Crippen LogP contribution in [-0.4, -0.2) is 11.2 Å². The third kappa shape index (κ3) is 2.06. The summed E-state index contributed by atoms with van der Waals surface area (Å²) in [6, 6.07) is 12.0. The molecule has 0 aliphatic carbocycles. The zero-order valence-electron chi connectivity index (χ0n) is 9.63. The fraction of sp³-hybridized carbons (Fsp3) is 0.143. The summed E-state index contributed by atoms with van der Waals surface area (Å²) < 4.78 is 37.9. The molecule has 0 saturated heterocycles. The van der Waals surface area contributed by atoms with Crippen LogP contribution in [0.25, 0.3) is 21.8 Å². The molecule has 5 heteroatoms. The molecule has 0 bridgehead atoms. The Bertz CT molecular complexity index is 745. The van der Waals surface area contributed by atoms with Crippen LogP contribution >= 0.6 is 11.6 Å². The van der Waals surface area contributed by atoms with Crippen molar-refractivity contribution in [3.63, 3.8) is 0 Å². The first-order valence-electron chi connectivity index (χ1n) is 5.68. The van der Waals surface area contributed by atoms with E-state index in [1.165, 1.54) is 12.1 Å². The fourth-order valence-corrected chi connectivity index (χ4v) is 2.35. The van der Waals surface area contributed by atoms with E-state index in [0.29, 0.717) is 0 Å². The summed E-state index contributed by atoms with van der Waals surface area (Å²) in [5.41, 5.74) is 1.76. The predicted octanol–water partition coefficient (Wildman–Crippen LogP) is 5.16. The molecule has 0 amide bonds. The van der Waals surface area contributed by atoms with Gasteiger partial charge in [0.25, 0.3) is 0 Å². The highest BCUT2D eigenvalue weighted by atomic mass is 35.5. The molecule has 1 N–H and O–H groups in total. The summed E-state index contributed by atoms with van der Waals surface area (Å²) in [5, 5.41) is -0.334. The second-order valence-electron chi connectivity index (χ2n) is 4.38. The molecule has 0 aliphatic rings. The Morgan fingerprint density at radius 1 is 0.947 bits per heavy atom. The van der Waals surface area contributed by atoms with Crippen LogP contribution in [0.4, 0.5) is 13.2 Å². The third-order valence-corrected chi connectivity index (χ3v) is 3.61. The molecule has 2 aromatic carbocycles. The van der Waals surface area contributed by atoms with Crippen molar-refractivity contribution >= 4 is 33.4 Å². The number of fused-ring (bicyclic) bond motifs is 3. The number of halogens is 4. The van der Waals surface area contributed by atoms with E-state index in [1.807, 2.05) is 24.3 Å². The monoisotopic (exact) mass is 283 g/mol. The number of aromatic nitrogens is 1. The SMILES string of the molecule is FC(F)(F)C(Cl)c1ccc2[nH]c3ccccc3c2c1. The van der Waals surface area contributed by atoms with Gasteiger partial charge in [0.1, 0.15) is 0 Å². The van der Waals surface area contributed by atoms with E-state index < -0.39 is 11.6 Å². The van der Waals surface area contributed by atoms with Crippen molar-refractivity contribution in [1.29, 1.82) is 0 Å². The lowest BCUT2D eigenvalue weighted by atomic mass is 10.1. The second kappa shape index (κ2) is 4.17. The van der Waals surface area contributed by atoms with Gasteiger partial charge in [0, 0.05) is 21.8 Å². The van der Waals surface area contributed by atoms with Gasteiger partial charge in [0.2, 0.25) is 0 Å². The quantitative estimate of drug-likeness (QED) is 0.594. The molecule has 3 aromatic rings. The fourth-order valence-electron chi connectivity index (χ4n) is 2.21. The summed E-state index contributed by atoms with van der Waals surface area (Å²) in [5.74, 6) is 0. The summed E-state index contributed by atoms with van der Waals surface area (Å²) in [6.45, 7) is 0. The Kier molecular flexibility index (Phi) is 2.71. The van der Waals surface area contributed by atoms with Crippen molar-refractivity contribution in [1.82, 2.24) is 4.98 Å². The van der Waals surface area contributed by atoms with E-state index in [2.05, 4.69) is 4.98 Å². The lowest BCUT2D eigenvalue weighted by molar-refractivity contribution is -0.131. The molecule has 19 heavy (non-hydrogen) atoms. The van der Waals surface area contributed by atoms with E-state index in [-0.39, 0.29) is 5.56 Å². The van der Waals surface area contributed by atoms with Crippen LogP contribution in [0.15, 0.2) is 42.5 Å². The van der Waals surface area contributed by atoms with Crippen LogP contribution in [0.3, 0.4) is 0 Å². The van der Waals surface area contributed by atoms with Crippen molar-refractivity contribution < 1.29 is 13.2 Å². The van der Waals surface area contributed by atoms with Crippen LogP contribution in [0.5, 0.6) is 0 Å². The highest BCUT2D eigenvalue weighted by Gasteiger charge is 2.39. The Morgan fingerprint density at radius 2 is 1.63 bits per heavy atom. The Balaban J connectivity index is 2.22. The normalized spacial score (nSPS) is 14.1. The first kappa shape index (κ1) is 12.4. The smallest absolute Gasteiger partial charge is 0.355 e. The average Bonchev–Trinajstić information content (AvgIpc) is 2.74. The van der Waals surface area contributed by atoms with Gasteiger partial charge in [-0.2, -0.15) is 13.2 Å². The summed E-state index contributed by atoms with van der Waals surface area (Å²) in [7, 11) is 0. The highest BCUT2D eigenvalue weighted by molar-refractivity contribution is 6.21. The topological polar surface area (TPSA) is 15.8 Å². The van der Waals surface area contributed by atoms with E-state index >= 15 is 0 Å². The highest BCUT2D eigenvalue weighted by Crippen LogP contribution is 2.39. The maximum absolute atomic E-state index is 12.6. The maximum atomic E-state index is 12.6. The molecular weight excluding hydrogens is 275 g/mol. The molecular formula is C14H9ClF3N. The van der Waals surface area contributed by atoms with Gasteiger partial charge in [-0.3, -0.25) is 0 Å². The minimum absolute atomic E-state index is 0.0615. The van der Waals surface area contributed by atoms with E-state index in [0.717, 1.165) is 21.8 Å². The average molecular weight is 284 g/mol. The Labute approximate surface area is 112 Å². The third-order valence-electron chi connectivity index (χ3n) is 3.11. The molecule has 0 aliphatic heterocycles.